The predicted octanol–water partition coefficient (Wildman–Crippen LogP) is 3.45. The zero-order chi connectivity index (χ0) is 20.0. The molecule has 0 aliphatic rings. The number of methoxy groups -OCH3 is 2. The molecule has 2 rings (SSSR count). The number of nitrogens with two attached hydrogens (primary N) is 1. The molecule has 0 aliphatic carbocycles. The van der Waals surface area contributed by atoms with E-state index < -0.39 is 29.5 Å². The zero-order valence-electron chi connectivity index (χ0n) is 14.8. The van der Waals surface area contributed by atoms with Gasteiger partial charge in [-0.3, -0.25) is 0 Å². The van der Waals surface area contributed by atoms with Crippen LogP contribution in [0.1, 0.15) is 13.0 Å². The molecule has 2 aromatic rings. The molecule has 9 heteroatoms. The number of carbonyl (C=O) groups excluding carboxylic acids is 1. The SMILES string of the molecule is C.COc1ccc(NC(=O)NC[C@@H](N)Cc2cc(F)c(F)cc2F)cc1OC. The van der Waals surface area contributed by atoms with Crippen LogP contribution in [0.2, 0.25) is 0 Å². The number of halogens is 3. The van der Waals surface area contributed by atoms with Gasteiger partial charge in [-0.15, -0.1) is 0 Å². The zero-order valence-corrected chi connectivity index (χ0v) is 14.8. The van der Waals surface area contributed by atoms with Gasteiger partial charge in [0.2, 0.25) is 0 Å². The maximum absolute atomic E-state index is 13.6. The van der Waals surface area contributed by atoms with E-state index in [1.807, 2.05) is 0 Å². The minimum Gasteiger partial charge on any atom is -0.493 e. The van der Waals surface area contributed by atoms with Gasteiger partial charge in [0.15, 0.2) is 23.1 Å². The minimum atomic E-state index is -1.27. The van der Waals surface area contributed by atoms with Gasteiger partial charge in [-0.2, -0.15) is 0 Å². The number of urea groups is 1. The maximum Gasteiger partial charge on any atom is 0.319 e. The summed E-state index contributed by atoms with van der Waals surface area (Å²) in [6, 6.07) is 4.82. The standard InChI is InChI=1S/C18H20F3N3O3.CH4/c1-26-16-4-3-12(7-17(16)27-2)24-18(25)23-9-11(22)5-10-6-14(20)15(21)8-13(10)19;/h3-4,6-8,11H,5,9,22H2,1-2H3,(H2,23,24,25);1H4/t11-;/m0./s1. The molecule has 2 aromatic carbocycles. The van der Waals surface area contributed by atoms with Crippen LogP contribution in [0.25, 0.3) is 0 Å². The molecule has 4 N–H and O–H groups in total. The van der Waals surface area contributed by atoms with Crippen molar-refractivity contribution in [1.29, 1.82) is 0 Å². The molecule has 0 saturated carbocycles. The summed E-state index contributed by atoms with van der Waals surface area (Å²) in [6.07, 6.45) is -0.0698. The van der Waals surface area contributed by atoms with Crippen LogP contribution >= 0.6 is 0 Å². The van der Waals surface area contributed by atoms with Crippen molar-refractivity contribution in [2.75, 3.05) is 26.1 Å². The summed E-state index contributed by atoms with van der Waals surface area (Å²) in [4.78, 5) is 12.0. The van der Waals surface area contributed by atoms with E-state index in [1.165, 1.54) is 14.2 Å². The third-order valence-corrected chi connectivity index (χ3v) is 3.74. The minimum absolute atomic E-state index is 0. The van der Waals surface area contributed by atoms with Crippen molar-refractivity contribution < 1.29 is 27.4 Å². The Bertz CT molecular complexity index is 818. The Balaban J connectivity index is 0.00000392. The second-order valence-corrected chi connectivity index (χ2v) is 5.73. The van der Waals surface area contributed by atoms with Crippen LogP contribution in [-0.2, 0) is 6.42 Å². The molecule has 0 radical (unpaired) electrons. The third-order valence-electron chi connectivity index (χ3n) is 3.74. The molecule has 0 saturated heterocycles. The van der Waals surface area contributed by atoms with Crippen LogP contribution in [0.15, 0.2) is 30.3 Å². The molecule has 6 nitrogen and oxygen atoms in total. The number of amides is 2. The predicted molar refractivity (Wildman–Crippen MR) is 101 cm³/mol. The van der Waals surface area contributed by atoms with E-state index in [0.29, 0.717) is 23.3 Å². The maximum atomic E-state index is 13.6. The molecule has 28 heavy (non-hydrogen) atoms. The average Bonchev–Trinajstić information content (AvgIpc) is 2.64. The number of benzene rings is 2. The van der Waals surface area contributed by atoms with E-state index in [2.05, 4.69) is 10.6 Å². The monoisotopic (exact) mass is 399 g/mol. The third kappa shape index (κ3) is 6.05. The Morgan fingerprint density at radius 1 is 1.04 bits per heavy atom. The van der Waals surface area contributed by atoms with Crippen molar-refractivity contribution in [3.05, 3.63) is 53.3 Å². The summed E-state index contributed by atoms with van der Waals surface area (Å²) in [5.74, 6) is -2.35. The lowest BCUT2D eigenvalue weighted by Crippen LogP contribution is -2.40. The topological polar surface area (TPSA) is 85.6 Å². The fourth-order valence-corrected chi connectivity index (χ4v) is 2.39. The lowest BCUT2D eigenvalue weighted by molar-refractivity contribution is 0.251. The van der Waals surface area contributed by atoms with E-state index in [9.17, 15) is 18.0 Å². The van der Waals surface area contributed by atoms with E-state index in [-0.39, 0.29) is 26.0 Å². The smallest absolute Gasteiger partial charge is 0.319 e. The average molecular weight is 399 g/mol. The fourth-order valence-electron chi connectivity index (χ4n) is 2.39. The number of anilines is 1. The second kappa shape index (κ2) is 10.4. The van der Waals surface area contributed by atoms with E-state index in [0.717, 1.165) is 6.07 Å². The molecular weight excluding hydrogens is 375 g/mol. The van der Waals surface area contributed by atoms with Crippen LogP contribution in [0, 0.1) is 17.5 Å². The normalized spacial score (nSPS) is 11.2. The highest BCUT2D eigenvalue weighted by Gasteiger charge is 2.14. The fraction of sp³-hybridized carbons (Fsp3) is 0.316. The first-order valence-electron chi connectivity index (χ1n) is 8.00. The van der Waals surface area contributed by atoms with Crippen molar-refractivity contribution in [2.24, 2.45) is 5.73 Å². The van der Waals surface area contributed by atoms with Crippen molar-refractivity contribution in [2.45, 2.75) is 19.9 Å². The molecule has 0 heterocycles. The first-order chi connectivity index (χ1) is 12.8. The van der Waals surface area contributed by atoms with Crippen molar-refractivity contribution >= 4 is 11.7 Å². The molecule has 0 aliphatic heterocycles. The van der Waals surface area contributed by atoms with Gasteiger partial charge in [0.05, 0.1) is 14.2 Å². The van der Waals surface area contributed by atoms with Gasteiger partial charge < -0.3 is 25.8 Å². The van der Waals surface area contributed by atoms with Crippen LogP contribution in [-0.4, -0.2) is 32.8 Å². The molecular formula is C19H24F3N3O3. The summed E-state index contributed by atoms with van der Waals surface area (Å²) in [6.45, 7) is -0.00242. The highest BCUT2D eigenvalue weighted by Crippen LogP contribution is 2.29. The van der Waals surface area contributed by atoms with E-state index in [4.69, 9.17) is 15.2 Å². The molecule has 2 amide bonds. The molecule has 0 unspecified atom stereocenters. The van der Waals surface area contributed by atoms with Gasteiger partial charge in [-0.25, -0.2) is 18.0 Å². The summed E-state index contributed by atoms with van der Waals surface area (Å²) >= 11 is 0. The molecule has 0 spiro atoms. The molecule has 0 bridgehead atoms. The van der Waals surface area contributed by atoms with Gasteiger partial charge in [-0.05, 0) is 30.2 Å². The Kier molecular flexibility index (Phi) is 8.59. The first kappa shape index (κ1) is 23.1. The van der Waals surface area contributed by atoms with Crippen LogP contribution in [0.4, 0.5) is 23.7 Å². The quantitative estimate of drug-likeness (QED) is 0.623. The molecule has 0 fully saturated rings. The van der Waals surface area contributed by atoms with Crippen LogP contribution < -0.4 is 25.8 Å². The van der Waals surface area contributed by atoms with Gasteiger partial charge >= 0.3 is 6.03 Å². The van der Waals surface area contributed by atoms with Gasteiger partial charge in [0.1, 0.15) is 5.82 Å². The summed E-state index contributed by atoms with van der Waals surface area (Å²) in [5.41, 5.74) is 6.22. The second-order valence-electron chi connectivity index (χ2n) is 5.73. The Labute approximate surface area is 161 Å². The number of rotatable bonds is 7. The number of hydrogen-bond donors (Lipinski definition) is 3. The highest BCUT2D eigenvalue weighted by atomic mass is 19.2. The van der Waals surface area contributed by atoms with Crippen molar-refractivity contribution in [1.82, 2.24) is 5.32 Å². The lowest BCUT2D eigenvalue weighted by Gasteiger charge is -2.15. The van der Waals surface area contributed by atoms with Gasteiger partial charge in [-0.1, -0.05) is 7.43 Å². The van der Waals surface area contributed by atoms with Gasteiger partial charge in [0, 0.05) is 30.4 Å². The van der Waals surface area contributed by atoms with Crippen molar-refractivity contribution in [3.63, 3.8) is 0 Å². The number of hydrogen-bond acceptors (Lipinski definition) is 4. The highest BCUT2D eigenvalue weighted by molar-refractivity contribution is 5.89. The molecule has 154 valence electrons. The summed E-state index contributed by atoms with van der Waals surface area (Å²) < 4.78 is 50.0. The van der Waals surface area contributed by atoms with Crippen LogP contribution in [0.3, 0.4) is 0 Å². The molecule has 1 atom stereocenters. The number of carbonyl (C=O) groups is 1. The summed E-state index contributed by atoms with van der Waals surface area (Å²) in [7, 11) is 2.97. The van der Waals surface area contributed by atoms with Gasteiger partial charge in [0.25, 0.3) is 0 Å². The Morgan fingerprint density at radius 2 is 1.68 bits per heavy atom. The van der Waals surface area contributed by atoms with Crippen molar-refractivity contribution in [3.8, 4) is 11.5 Å². The van der Waals surface area contributed by atoms with E-state index >= 15 is 0 Å². The Morgan fingerprint density at radius 3 is 2.32 bits per heavy atom. The van der Waals surface area contributed by atoms with E-state index in [1.54, 1.807) is 18.2 Å². The number of nitrogens with one attached hydrogen (secondary N) is 2. The molecule has 0 aromatic heterocycles. The summed E-state index contributed by atoms with van der Waals surface area (Å²) in [5, 5.41) is 5.12. The Hall–Kier alpha value is -2.94. The number of ether oxygens (including phenoxy) is 2. The lowest BCUT2D eigenvalue weighted by atomic mass is 10.1. The largest absolute Gasteiger partial charge is 0.493 e. The van der Waals surface area contributed by atoms with Crippen LogP contribution in [0.5, 0.6) is 11.5 Å². The first-order valence-corrected chi connectivity index (χ1v) is 8.00.